The van der Waals surface area contributed by atoms with Crippen molar-refractivity contribution in [2.75, 3.05) is 0 Å². The maximum Gasteiger partial charge on any atom is 0.164 e. The van der Waals surface area contributed by atoms with Gasteiger partial charge in [-0.3, -0.25) is 4.98 Å². The minimum atomic E-state index is 0.638. The average Bonchev–Trinajstić information content (AvgIpc) is 3.15. The van der Waals surface area contributed by atoms with E-state index in [1.807, 2.05) is 54.9 Å². The van der Waals surface area contributed by atoms with Crippen molar-refractivity contribution in [1.29, 1.82) is 0 Å². The molecule has 6 aromatic carbocycles. The topological polar surface area (TPSA) is 51.6 Å². The summed E-state index contributed by atoms with van der Waals surface area (Å²) >= 11 is 0. The fourth-order valence-corrected chi connectivity index (χ4v) is 5.92. The van der Waals surface area contributed by atoms with E-state index >= 15 is 0 Å². The Morgan fingerprint density at radius 1 is 0.283 bits per heavy atom. The molecule has 0 spiro atoms. The predicted molar refractivity (Wildman–Crippen MR) is 188 cm³/mol. The highest BCUT2D eigenvalue weighted by Crippen LogP contribution is 2.36. The first-order valence-electron chi connectivity index (χ1n) is 15.3. The van der Waals surface area contributed by atoms with Crippen LogP contribution in [-0.2, 0) is 0 Å². The van der Waals surface area contributed by atoms with Gasteiger partial charge < -0.3 is 0 Å². The van der Waals surface area contributed by atoms with Gasteiger partial charge in [-0.1, -0.05) is 152 Å². The maximum atomic E-state index is 4.97. The molecule has 0 fully saturated rings. The third-order valence-corrected chi connectivity index (χ3v) is 8.27. The Bertz CT molecular complexity index is 2270. The van der Waals surface area contributed by atoms with Crippen molar-refractivity contribution in [3.05, 3.63) is 170 Å². The van der Waals surface area contributed by atoms with E-state index in [4.69, 9.17) is 15.0 Å². The van der Waals surface area contributed by atoms with Gasteiger partial charge in [0, 0.05) is 34.6 Å². The molecule has 46 heavy (non-hydrogen) atoms. The van der Waals surface area contributed by atoms with Crippen molar-refractivity contribution >= 4 is 10.8 Å². The molecule has 0 N–H and O–H groups in total. The quantitative estimate of drug-likeness (QED) is 0.194. The monoisotopic (exact) mass is 588 g/mol. The van der Waals surface area contributed by atoms with E-state index in [0.717, 1.165) is 33.4 Å². The highest BCUT2D eigenvalue weighted by atomic mass is 15.0. The Morgan fingerprint density at radius 2 is 0.674 bits per heavy atom. The van der Waals surface area contributed by atoms with E-state index in [2.05, 4.69) is 120 Å². The molecule has 0 aliphatic rings. The number of rotatable bonds is 6. The normalized spacial score (nSPS) is 11.0. The second-order valence-electron chi connectivity index (χ2n) is 11.1. The number of hydrogen-bond donors (Lipinski definition) is 0. The van der Waals surface area contributed by atoms with Crippen LogP contribution < -0.4 is 0 Å². The second-order valence-corrected chi connectivity index (χ2v) is 11.1. The average molecular weight is 589 g/mol. The Morgan fingerprint density at radius 3 is 1.20 bits per heavy atom. The van der Waals surface area contributed by atoms with Crippen LogP contribution in [0.5, 0.6) is 0 Å². The fraction of sp³-hybridized carbons (Fsp3) is 0. The molecule has 0 aliphatic carbocycles. The lowest BCUT2D eigenvalue weighted by Gasteiger charge is -2.13. The first-order valence-corrected chi connectivity index (χ1v) is 15.3. The van der Waals surface area contributed by atoms with E-state index in [1.165, 1.54) is 27.5 Å². The van der Waals surface area contributed by atoms with E-state index in [-0.39, 0.29) is 0 Å². The molecular weight excluding hydrogens is 560 g/mol. The second kappa shape index (κ2) is 12.0. The largest absolute Gasteiger partial charge is 0.264 e. The number of hydrogen-bond acceptors (Lipinski definition) is 4. The van der Waals surface area contributed by atoms with Crippen LogP contribution in [0, 0.1) is 0 Å². The van der Waals surface area contributed by atoms with E-state index in [1.54, 1.807) is 0 Å². The van der Waals surface area contributed by atoms with Crippen LogP contribution in [0.2, 0.25) is 0 Å². The highest BCUT2D eigenvalue weighted by molar-refractivity contribution is 6.04. The Hall–Kier alpha value is -6.26. The smallest absolute Gasteiger partial charge is 0.164 e. The molecule has 0 bridgehead atoms. The zero-order chi connectivity index (χ0) is 30.7. The van der Waals surface area contributed by atoms with Crippen molar-refractivity contribution in [3.63, 3.8) is 0 Å². The van der Waals surface area contributed by atoms with E-state index in [9.17, 15) is 0 Å². The van der Waals surface area contributed by atoms with Crippen molar-refractivity contribution in [2.24, 2.45) is 0 Å². The molecule has 0 amide bonds. The summed E-state index contributed by atoms with van der Waals surface area (Å²) in [5.41, 5.74) is 9.74. The van der Waals surface area contributed by atoms with E-state index in [0.29, 0.717) is 17.5 Å². The Balaban J connectivity index is 1.18. The molecule has 0 radical (unpaired) electrons. The summed E-state index contributed by atoms with van der Waals surface area (Å²) in [6, 6.07) is 54.4. The summed E-state index contributed by atoms with van der Waals surface area (Å²) in [5.74, 6) is 1.93. The number of pyridine rings is 1. The van der Waals surface area contributed by atoms with Gasteiger partial charge >= 0.3 is 0 Å². The maximum absolute atomic E-state index is 4.97. The van der Waals surface area contributed by atoms with Crippen molar-refractivity contribution < 1.29 is 0 Å². The molecule has 0 saturated heterocycles. The van der Waals surface area contributed by atoms with E-state index < -0.39 is 0 Å². The van der Waals surface area contributed by atoms with Gasteiger partial charge in [-0.2, -0.15) is 0 Å². The molecule has 0 atom stereocenters. The lowest BCUT2D eigenvalue weighted by Crippen LogP contribution is -2.00. The van der Waals surface area contributed by atoms with Gasteiger partial charge in [0.2, 0.25) is 0 Å². The van der Waals surface area contributed by atoms with Gasteiger partial charge in [0.15, 0.2) is 17.5 Å². The van der Waals surface area contributed by atoms with Crippen molar-refractivity contribution in [1.82, 2.24) is 19.9 Å². The van der Waals surface area contributed by atoms with Crippen LogP contribution in [0.3, 0.4) is 0 Å². The number of fused-ring (bicyclic) bond motifs is 1. The molecule has 216 valence electrons. The molecule has 4 nitrogen and oxygen atoms in total. The van der Waals surface area contributed by atoms with Gasteiger partial charge in [0.1, 0.15) is 0 Å². The summed E-state index contributed by atoms with van der Waals surface area (Å²) in [6.45, 7) is 0. The predicted octanol–water partition coefficient (Wildman–Crippen LogP) is 10.4. The van der Waals surface area contributed by atoms with Gasteiger partial charge in [-0.25, -0.2) is 15.0 Å². The van der Waals surface area contributed by atoms with Gasteiger partial charge in [-0.05, 0) is 44.7 Å². The van der Waals surface area contributed by atoms with Crippen LogP contribution in [0.1, 0.15) is 0 Å². The first kappa shape index (κ1) is 27.3. The molecule has 2 heterocycles. The summed E-state index contributed by atoms with van der Waals surface area (Å²) in [7, 11) is 0. The van der Waals surface area contributed by atoms with Crippen LogP contribution in [0.4, 0.5) is 0 Å². The van der Waals surface area contributed by atoms with Gasteiger partial charge in [0.25, 0.3) is 0 Å². The summed E-state index contributed by atoms with van der Waals surface area (Å²) in [6.07, 6.45) is 3.72. The summed E-state index contributed by atoms with van der Waals surface area (Å²) in [5, 5.41) is 2.40. The molecule has 0 unspecified atom stereocenters. The zero-order valence-corrected chi connectivity index (χ0v) is 25.0. The van der Waals surface area contributed by atoms with Gasteiger partial charge in [-0.15, -0.1) is 0 Å². The Labute approximate surface area is 267 Å². The number of aromatic nitrogens is 4. The lowest BCUT2D eigenvalue weighted by atomic mass is 9.92. The molecule has 0 aliphatic heterocycles. The third kappa shape index (κ3) is 5.33. The third-order valence-electron chi connectivity index (χ3n) is 8.27. The summed E-state index contributed by atoms with van der Waals surface area (Å²) in [4.78, 5) is 19.2. The molecule has 0 saturated carbocycles. The van der Waals surface area contributed by atoms with Crippen LogP contribution in [0.15, 0.2) is 170 Å². The highest BCUT2D eigenvalue weighted by Gasteiger charge is 2.14. The molecule has 8 rings (SSSR count). The fourth-order valence-electron chi connectivity index (χ4n) is 5.92. The number of benzene rings is 6. The standard InChI is InChI=1S/C42H28N4/c1-3-10-29(11-4-1)30-17-21-33(22-18-30)41-44-40(32-12-5-2-6-13-32)45-42(46-41)34-23-19-31(20-24-34)36-25-26-37(35-14-9-27-43-28-35)39-16-8-7-15-38(36)39/h1-28H. The SMILES string of the molecule is c1ccc(-c2ccc(-c3nc(-c4ccccc4)nc(-c4ccc(-c5ccc(-c6cccnc6)c6ccccc56)cc4)n3)cc2)cc1. The van der Waals surface area contributed by atoms with Crippen molar-refractivity contribution in [2.45, 2.75) is 0 Å². The minimum Gasteiger partial charge on any atom is -0.264 e. The molecular formula is C42H28N4. The molecule has 4 heteroatoms. The molecule has 8 aromatic rings. The van der Waals surface area contributed by atoms with Gasteiger partial charge in [0.05, 0.1) is 0 Å². The zero-order valence-electron chi connectivity index (χ0n) is 25.0. The van der Waals surface area contributed by atoms with Crippen molar-refractivity contribution in [3.8, 4) is 67.5 Å². The molecule has 2 aromatic heterocycles. The summed E-state index contributed by atoms with van der Waals surface area (Å²) < 4.78 is 0. The first-order chi connectivity index (χ1) is 22.8. The Kier molecular flexibility index (Phi) is 7.14. The van der Waals surface area contributed by atoms with Crippen LogP contribution in [-0.4, -0.2) is 19.9 Å². The lowest BCUT2D eigenvalue weighted by molar-refractivity contribution is 1.07. The number of nitrogens with zero attached hydrogens (tertiary/aromatic N) is 4. The van der Waals surface area contributed by atoms with Crippen LogP contribution in [0.25, 0.3) is 78.3 Å². The minimum absolute atomic E-state index is 0.638. The van der Waals surface area contributed by atoms with Crippen LogP contribution >= 0.6 is 0 Å².